The Hall–Kier alpha value is -0.870. The zero-order valence-corrected chi connectivity index (χ0v) is 10.5. The van der Waals surface area contributed by atoms with Crippen molar-refractivity contribution in [2.45, 2.75) is 38.8 Å². The minimum absolute atomic E-state index is 0.389. The number of ether oxygens (including phenoxy) is 1. The lowest BCUT2D eigenvalue weighted by molar-refractivity contribution is 0.176. The molecule has 17 heavy (non-hydrogen) atoms. The predicted molar refractivity (Wildman–Crippen MR) is 65.9 cm³/mol. The largest absolute Gasteiger partial charge is 0.381 e. The van der Waals surface area contributed by atoms with Crippen molar-refractivity contribution >= 4 is 0 Å². The highest BCUT2D eigenvalue weighted by atomic mass is 16.5. The normalized spacial score (nSPS) is 29.0. The number of hydrogen-bond donors (Lipinski definition) is 1. The summed E-state index contributed by atoms with van der Waals surface area (Å²) in [5.74, 6) is 1.83. The molecular formula is C13H21N3O. The van der Waals surface area contributed by atoms with Crippen LogP contribution in [-0.2, 0) is 17.7 Å². The van der Waals surface area contributed by atoms with E-state index in [4.69, 9.17) is 9.72 Å². The summed E-state index contributed by atoms with van der Waals surface area (Å²) in [6.45, 7) is 6.14. The summed E-state index contributed by atoms with van der Waals surface area (Å²) < 4.78 is 7.87. The molecule has 1 fully saturated rings. The van der Waals surface area contributed by atoms with E-state index in [0.717, 1.165) is 39.1 Å². The van der Waals surface area contributed by atoms with Crippen LogP contribution in [0.5, 0.6) is 0 Å². The van der Waals surface area contributed by atoms with Crippen LogP contribution in [0.3, 0.4) is 0 Å². The average molecular weight is 235 g/mol. The van der Waals surface area contributed by atoms with Crippen LogP contribution in [0.1, 0.15) is 37.3 Å². The summed E-state index contributed by atoms with van der Waals surface area (Å²) in [5.41, 5.74) is 1.22. The summed E-state index contributed by atoms with van der Waals surface area (Å²) in [6.07, 6.45) is 5.60. The quantitative estimate of drug-likeness (QED) is 0.844. The second kappa shape index (κ2) is 4.78. The fraction of sp³-hybridized carbons (Fsp3) is 0.769. The highest BCUT2D eigenvalue weighted by Crippen LogP contribution is 2.29. The minimum atomic E-state index is 0.389. The van der Waals surface area contributed by atoms with Crippen LogP contribution in [0.15, 0.2) is 6.20 Å². The summed E-state index contributed by atoms with van der Waals surface area (Å²) in [5, 5.41) is 3.65. The number of aryl methyl sites for hydroxylation is 2. The van der Waals surface area contributed by atoms with Crippen molar-refractivity contribution in [1.29, 1.82) is 0 Å². The summed E-state index contributed by atoms with van der Waals surface area (Å²) in [7, 11) is 0. The van der Waals surface area contributed by atoms with Gasteiger partial charge in [-0.05, 0) is 25.8 Å². The maximum atomic E-state index is 5.52. The number of nitrogens with one attached hydrogen (secondary N) is 1. The molecule has 1 aromatic rings. The standard InChI is InChI=1S/C13H21N3O/c1-2-11-8-16-6-3-5-14-12(13(16)15-11)10-4-7-17-9-10/h8,10,12,14H,2-7,9H2,1H3. The third-order valence-electron chi connectivity index (χ3n) is 3.87. The molecule has 94 valence electrons. The smallest absolute Gasteiger partial charge is 0.126 e. The molecule has 4 heteroatoms. The van der Waals surface area contributed by atoms with E-state index in [0.29, 0.717) is 12.0 Å². The maximum Gasteiger partial charge on any atom is 0.126 e. The molecule has 2 unspecified atom stereocenters. The second-order valence-corrected chi connectivity index (χ2v) is 5.05. The Bertz CT molecular complexity index is 382. The van der Waals surface area contributed by atoms with Crippen LogP contribution in [0.25, 0.3) is 0 Å². The van der Waals surface area contributed by atoms with Crippen molar-refractivity contribution in [3.63, 3.8) is 0 Å². The Morgan fingerprint density at radius 1 is 1.59 bits per heavy atom. The van der Waals surface area contributed by atoms with Gasteiger partial charge in [-0.25, -0.2) is 4.98 Å². The van der Waals surface area contributed by atoms with E-state index < -0.39 is 0 Å². The van der Waals surface area contributed by atoms with Crippen molar-refractivity contribution in [3.8, 4) is 0 Å². The molecular weight excluding hydrogens is 214 g/mol. The molecule has 0 saturated carbocycles. The molecule has 3 rings (SSSR count). The molecule has 2 aliphatic rings. The Kier molecular flexibility index (Phi) is 3.16. The van der Waals surface area contributed by atoms with E-state index in [1.165, 1.54) is 17.9 Å². The molecule has 0 radical (unpaired) electrons. The zero-order valence-electron chi connectivity index (χ0n) is 10.5. The van der Waals surface area contributed by atoms with E-state index in [-0.39, 0.29) is 0 Å². The van der Waals surface area contributed by atoms with E-state index in [1.807, 2.05) is 0 Å². The van der Waals surface area contributed by atoms with Gasteiger partial charge in [0.05, 0.1) is 18.3 Å². The minimum Gasteiger partial charge on any atom is -0.381 e. The van der Waals surface area contributed by atoms with Gasteiger partial charge in [0.1, 0.15) is 5.82 Å². The van der Waals surface area contributed by atoms with E-state index >= 15 is 0 Å². The van der Waals surface area contributed by atoms with Crippen LogP contribution in [0, 0.1) is 5.92 Å². The van der Waals surface area contributed by atoms with E-state index in [2.05, 4.69) is 23.0 Å². The fourth-order valence-corrected chi connectivity index (χ4v) is 2.88. The Morgan fingerprint density at radius 3 is 3.29 bits per heavy atom. The fourth-order valence-electron chi connectivity index (χ4n) is 2.88. The number of imidazole rings is 1. The van der Waals surface area contributed by atoms with Gasteiger partial charge >= 0.3 is 0 Å². The molecule has 0 amide bonds. The van der Waals surface area contributed by atoms with Gasteiger partial charge in [0.25, 0.3) is 0 Å². The van der Waals surface area contributed by atoms with Gasteiger partial charge in [0.15, 0.2) is 0 Å². The molecule has 0 bridgehead atoms. The van der Waals surface area contributed by atoms with Gasteiger partial charge in [0.2, 0.25) is 0 Å². The first-order valence-electron chi connectivity index (χ1n) is 6.75. The Morgan fingerprint density at radius 2 is 2.53 bits per heavy atom. The van der Waals surface area contributed by atoms with Crippen LogP contribution in [0.4, 0.5) is 0 Å². The number of rotatable bonds is 2. The second-order valence-electron chi connectivity index (χ2n) is 5.05. The van der Waals surface area contributed by atoms with Crippen molar-refractivity contribution in [1.82, 2.24) is 14.9 Å². The average Bonchev–Trinajstić information content (AvgIpc) is 2.96. The first-order valence-corrected chi connectivity index (χ1v) is 6.75. The topological polar surface area (TPSA) is 39.1 Å². The van der Waals surface area contributed by atoms with Crippen LogP contribution >= 0.6 is 0 Å². The molecule has 0 aromatic carbocycles. The van der Waals surface area contributed by atoms with Gasteiger partial charge in [-0.2, -0.15) is 0 Å². The first-order chi connectivity index (χ1) is 8.38. The van der Waals surface area contributed by atoms with Gasteiger partial charge in [-0.15, -0.1) is 0 Å². The number of fused-ring (bicyclic) bond motifs is 1. The van der Waals surface area contributed by atoms with Crippen LogP contribution in [0.2, 0.25) is 0 Å². The third kappa shape index (κ3) is 2.11. The summed E-state index contributed by atoms with van der Waals surface area (Å²) in [6, 6.07) is 0.389. The Labute approximate surface area is 102 Å². The maximum absolute atomic E-state index is 5.52. The molecule has 4 nitrogen and oxygen atoms in total. The molecule has 1 saturated heterocycles. The van der Waals surface area contributed by atoms with Crippen molar-refractivity contribution in [2.24, 2.45) is 5.92 Å². The molecule has 1 aromatic heterocycles. The molecule has 2 aliphatic heterocycles. The molecule has 0 aliphatic carbocycles. The highest BCUT2D eigenvalue weighted by Gasteiger charge is 2.31. The lowest BCUT2D eigenvalue weighted by atomic mass is 9.98. The third-order valence-corrected chi connectivity index (χ3v) is 3.87. The monoisotopic (exact) mass is 235 g/mol. The van der Waals surface area contributed by atoms with Gasteiger partial charge in [0, 0.05) is 25.3 Å². The Balaban J connectivity index is 1.90. The van der Waals surface area contributed by atoms with Crippen molar-refractivity contribution < 1.29 is 4.74 Å². The molecule has 1 N–H and O–H groups in total. The highest BCUT2D eigenvalue weighted by molar-refractivity contribution is 5.10. The number of aromatic nitrogens is 2. The predicted octanol–water partition coefficient (Wildman–Crippen LogP) is 1.52. The van der Waals surface area contributed by atoms with E-state index in [1.54, 1.807) is 0 Å². The van der Waals surface area contributed by atoms with Crippen molar-refractivity contribution in [2.75, 3.05) is 19.8 Å². The SMILES string of the molecule is CCc1cn2c(n1)C(C1CCOC1)NCCC2. The zero-order chi connectivity index (χ0) is 11.7. The van der Waals surface area contributed by atoms with Gasteiger partial charge < -0.3 is 14.6 Å². The molecule has 2 atom stereocenters. The summed E-state index contributed by atoms with van der Waals surface area (Å²) in [4.78, 5) is 4.80. The van der Waals surface area contributed by atoms with Crippen LogP contribution in [-0.4, -0.2) is 29.3 Å². The van der Waals surface area contributed by atoms with Gasteiger partial charge in [-0.1, -0.05) is 6.92 Å². The lowest BCUT2D eigenvalue weighted by Gasteiger charge is -2.21. The van der Waals surface area contributed by atoms with Gasteiger partial charge in [-0.3, -0.25) is 0 Å². The summed E-state index contributed by atoms with van der Waals surface area (Å²) >= 11 is 0. The molecule has 3 heterocycles. The van der Waals surface area contributed by atoms with Crippen molar-refractivity contribution in [3.05, 3.63) is 17.7 Å². The van der Waals surface area contributed by atoms with Crippen LogP contribution < -0.4 is 5.32 Å². The lowest BCUT2D eigenvalue weighted by Crippen LogP contribution is -2.29. The number of hydrogen-bond acceptors (Lipinski definition) is 3. The number of nitrogens with zero attached hydrogens (tertiary/aromatic N) is 2. The first kappa shape index (κ1) is 11.2. The molecule has 0 spiro atoms. The van der Waals surface area contributed by atoms with E-state index in [9.17, 15) is 0 Å².